The predicted molar refractivity (Wildman–Crippen MR) is 84.2 cm³/mol. The fourth-order valence-corrected chi connectivity index (χ4v) is 3.07. The Kier molecular flexibility index (Phi) is 3.35. The molecule has 4 rings (SSSR count). The monoisotopic (exact) mass is 294 g/mol. The summed E-state index contributed by atoms with van der Waals surface area (Å²) in [7, 11) is 0. The Morgan fingerprint density at radius 3 is 3.05 bits per heavy atom. The quantitative estimate of drug-likeness (QED) is 0.785. The molecule has 2 unspecified atom stereocenters. The van der Waals surface area contributed by atoms with Gasteiger partial charge in [-0.05, 0) is 36.8 Å². The van der Waals surface area contributed by atoms with Crippen molar-refractivity contribution in [2.45, 2.75) is 25.8 Å². The number of pyridine rings is 1. The molecule has 1 saturated heterocycles. The Bertz CT molecular complexity index is 793. The highest BCUT2D eigenvalue weighted by molar-refractivity contribution is 5.92. The van der Waals surface area contributed by atoms with E-state index in [1.54, 1.807) is 6.20 Å². The molecule has 0 radical (unpaired) electrons. The second-order valence-electron chi connectivity index (χ2n) is 5.97. The van der Waals surface area contributed by atoms with Gasteiger partial charge in [-0.3, -0.25) is 4.98 Å². The van der Waals surface area contributed by atoms with Crippen molar-refractivity contribution in [2.75, 3.05) is 6.54 Å². The standard InChI is InChI=1S/C17H18N4O/c1-11-6-8-18-14(10-11)17-20-16(21-22-17)15-13-5-3-2-4-12(13)7-9-19-15/h2-5,7,9,11,14,18H,6,8,10H2,1H3. The second-order valence-corrected chi connectivity index (χ2v) is 5.97. The number of rotatable bonds is 2. The van der Waals surface area contributed by atoms with Crippen LogP contribution in [0.2, 0.25) is 0 Å². The van der Waals surface area contributed by atoms with Gasteiger partial charge in [-0.1, -0.05) is 36.3 Å². The van der Waals surface area contributed by atoms with E-state index < -0.39 is 0 Å². The zero-order chi connectivity index (χ0) is 14.9. The van der Waals surface area contributed by atoms with Crippen LogP contribution in [0.1, 0.15) is 31.7 Å². The van der Waals surface area contributed by atoms with Crippen molar-refractivity contribution in [3.63, 3.8) is 0 Å². The van der Waals surface area contributed by atoms with Crippen LogP contribution in [0, 0.1) is 5.92 Å². The molecular weight excluding hydrogens is 276 g/mol. The van der Waals surface area contributed by atoms with Crippen LogP contribution in [0.15, 0.2) is 41.1 Å². The molecule has 0 aliphatic carbocycles. The highest BCUT2D eigenvalue weighted by Gasteiger charge is 2.25. The zero-order valence-corrected chi connectivity index (χ0v) is 12.5. The van der Waals surface area contributed by atoms with Gasteiger partial charge in [0, 0.05) is 11.6 Å². The molecular formula is C17H18N4O. The molecule has 2 atom stereocenters. The molecule has 5 nitrogen and oxygen atoms in total. The number of hydrogen-bond acceptors (Lipinski definition) is 5. The molecule has 112 valence electrons. The molecule has 5 heteroatoms. The summed E-state index contributed by atoms with van der Waals surface area (Å²) in [5.74, 6) is 1.90. The summed E-state index contributed by atoms with van der Waals surface area (Å²) in [5, 5.41) is 9.77. The van der Waals surface area contributed by atoms with Gasteiger partial charge in [-0.15, -0.1) is 0 Å². The Morgan fingerprint density at radius 2 is 2.14 bits per heavy atom. The molecule has 3 aromatic rings. The lowest BCUT2D eigenvalue weighted by Crippen LogP contribution is -2.30. The van der Waals surface area contributed by atoms with Crippen LogP contribution in [0.4, 0.5) is 0 Å². The van der Waals surface area contributed by atoms with Crippen molar-refractivity contribution < 1.29 is 4.52 Å². The summed E-state index contributed by atoms with van der Waals surface area (Å²) in [6, 6.07) is 10.3. The van der Waals surface area contributed by atoms with Gasteiger partial charge in [-0.25, -0.2) is 0 Å². The molecule has 1 aliphatic rings. The van der Waals surface area contributed by atoms with E-state index in [4.69, 9.17) is 4.52 Å². The maximum Gasteiger partial charge on any atom is 0.244 e. The average Bonchev–Trinajstić information content (AvgIpc) is 3.04. The van der Waals surface area contributed by atoms with Crippen molar-refractivity contribution >= 4 is 10.8 Å². The molecule has 1 fully saturated rings. The van der Waals surface area contributed by atoms with Gasteiger partial charge in [0.25, 0.3) is 0 Å². The fraction of sp³-hybridized carbons (Fsp3) is 0.353. The molecule has 1 aromatic carbocycles. The third-order valence-corrected chi connectivity index (χ3v) is 4.29. The van der Waals surface area contributed by atoms with Crippen LogP contribution < -0.4 is 5.32 Å². The van der Waals surface area contributed by atoms with Crippen molar-refractivity contribution in [3.05, 3.63) is 42.4 Å². The summed E-state index contributed by atoms with van der Waals surface area (Å²) in [6.07, 6.45) is 4.02. The van der Waals surface area contributed by atoms with E-state index in [0.717, 1.165) is 29.4 Å². The molecule has 22 heavy (non-hydrogen) atoms. The largest absolute Gasteiger partial charge is 0.337 e. The number of nitrogens with zero attached hydrogens (tertiary/aromatic N) is 3. The Balaban J connectivity index is 1.71. The molecule has 3 heterocycles. The van der Waals surface area contributed by atoms with Crippen LogP contribution >= 0.6 is 0 Å². The number of benzene rings is 1. The van der Waals surface area contributed by atoms with Crippen LogP contribution in [-0.4, -0.2) is 21.7 Å². The maximum atomic E-state index is 5.49. The van der Waals surface area contributed by atoms with Gasteiger partial charge in [0.15, 0.2) is 0 Å². The van der Waals surface area contributed by atoms with Crippen LogP contribution in [0.5, 0.6) is 0 Å². The van der Waals surface area contributed by atoms with E-state index in [9.17, 15) is 0 Å². The molecule has 0 spiro atoms. The molecule has 0 bridgehead atoms. The van der Waals surface area contributed by atoms with Crippen molar-refractivity contribution in [3.8, 4) is 11.5 Å². The van der Waals surface area contributed by atoms with E-state index in [0.29, 0.717) is 17.6 Å². The minimum absolute atomic E-state index is 0.153. The first-order valence-electron chi connectivity index (χ1n) is 7.72. The Morgan fingerprint density at radius 1 is 1.23 bits per heavy atom. The molecule has 0 saturated carbocycles. The van der Waals surface area contributed by atoms with E-state index in [-0.39, 0.29) is 6.04 Å². The van der Waals surface area contributed by atoms with Gasteiger partial charge < -0.3 is 9.84 Å². The van der Waals surface area contributed by atoms with Gasteiger partial charge in [0.1, 0.15) is 5.69 Å². The van der Waals surface area contributed by atoms with E-state index in [1.165, 1.54) is 6.42 Å². The number of nitrogens with one attached hydrogen (secondary N) is 1. The Hall–Kier alpha value is -2.27. The van der Waals surface area contributed by atoms with Gasteiger partial charge >= 0.3 is 0 Å². The van der Waals surface area contributed by atoms with Crippen molar-refractivity contribution in [1.82, 2.24) is 20.4 Å². The molecule has 1 N–H and O–H groups in total. The summed E-state index contributed by atoms with van der Waals surface area (Å²) in [5.41, 5.74) is 0.775. The van der Waals surface area contributed by atoms with Crippen LogP contribution in [0.3, 0.4) is 0 Å². The normalized spacial score (nSPS) is 22.0. The van der Waals surface area contributed by atoms with Gasteiger partial charge in [-0.2, -0.15) is 4.98 Å². The number of fused-ring (bicyclic) bond motifs is 1. The van der Waals surface area contributed by atoms with Crippen LogP contribution in [-0.2, 0) is 0 Å². The van der Waals surface area contributed by atoms with E-state index >= 15 is 0 Å². The van der Waals surface area contributed by atoms with Gasteiger partial charge in [0.05, 0.1) is 6.04 Å². The zero-order valence-electron chi connectivity index (χ0n) is 12.5. The number of piperidine rings is 1. The third-order valence-electron chi connectivity index (χ3n) is 4.29. The lowest BCUT2D eigenvalue weighted by molar-refractivity contribution is 0.260. The summed E-state index contributed by atoms with van der Waals surface area (Å²) in [6.45, 7) is 3.26. The van der Waals surface area contributed by atoms with Crippen LogP contribution in [0.25, 0.3) is 22.3 Å². The fourth-order valence-electron chi connectivity index (χ4n) is 3.07. The molecule has 0 amide bonds. The maximum absolute atomic E-state index is 5.49. The van der Waals surface area contributed by atoms with E-state index in [1.807, 2.05) is 24.3 Å². The second kappa shape index (κ2) is 5.50. The highest BCUT2D eigenvalue weighted by Crippen LogP contribution is 2.29. The molecule has 1 aliphatic heterocycles. The highest BCUT2D eigenvalue weighted by atomic mass is 16.5. The third kappa shape index (κ3) is 2.37. The SMILES string of the molecule is CC1CCNC(c2nc(-c3nccc4ccccc34)no2)C1. The smallest absolute Gasteiger partial charge is 0.244 e. The predicted octanol–water partition coefficient (Wildman–Crippen LogP) is 3.35. The number of hydrogen-bond donors (Lipinski definition) is 1. The molecule has 2 aromatic heterocycles. The first-order chi connectivity index (χ1) is 10.8. The first kappa shape index (κ1) is 13.4. The first-order valence-corrected chi connectivity index (χ1v) is 7.72. The van der Waals surface area contributed by atoms with E-state index in [2.05, 4.69) is 33.4 Å². The summed E-state index contributed by atoms with van der Waals surface area (Å²) in [4.78, 5) is 9.03. The minimum Gasteiger partial charge on any atom is -0.337 e. The van der Waals surface area contributed by atoms with Gasteiger partial charge in [0.2, 0.25) is 11.7 Å². The Labute approximate surface area is 128 Å². The van der Waals surface area contributed by atoms with Crippen molar-refractivity contribution in [2.24, 2.45) is 5.92 Å². The lowest BCUT2D eigenvalue weighted by Gasteiger charge is -2.25. The topological polar surface area (TPSA) is 63.8 Å². The minimum atomic E-state index is 0.153. The summed E-state index contributed by atoms with van der Waals surface area (Å²) >= 11 is 0. The van der Waals surface area contributed by atoms with Crippen molar-refractivity contribution in [1.29, 1.82) is 0 Å². The number of aromatic nitrogens is 3. The summed E-state index contributed by atoms with van der Waals surface area (Å²) < 4.78 is 5.49. The lowest BCUT2D eigenvalue weighted by atomic mass is 9.94. The average molecular weight is 294 g/mol.